The fraction of sp³-hybridized carbons (Fsp3) is 0.423. The van der Waals surface area contributed by atoms with Gasteiger partial charge in [0.1, 0.15) is 11.2 Å². The highest BCUT2D eigenvalue weighted by Crippen LogP contribution is 2.34. The zero-order valence-electron chi connectivity index (χ0n) is 21.5. The summed E-state index contributed by atoms with van der Waals surface area (Å²) in [5.74, 6) is 3.60. The van der Waals surface area contributed by atoms with Gasteiger partial charge in [0, 0.05) is 37.6 Å². The van der Waals surface area contributed by atoms with Crippen LogP contribution in [0.4, 0.5) is 5.69 Å². The van der Waals surface area contributed by atoms with Gasteiger partial charge >= 0.3 is 0 Å². The van der Waals surface area contributed by atoms with Gasteiger partial charge in [-0.15, -0.1) is 10.2 Å². The van der Waals surface area contributed by atoms with Crippen molar-refractivity contribution >= 4 is 28.5 Å². The average molecular weight is 519 g/mol. The molecule has 1 aliphatic heterocycles. The van der Waals surface area contributed by atoms with Crippen LogP contribution in [0, 0.1) is 19.8 Å². The molecule has 1 N–H and O–H groups in total. The number of nitrogens with one attached hydrogen (secondary N) is 1. The second kappa shape index (κ2) is 9.70. The number of nitrogens with zero attached hydrogens (tertiary/aromatic N) is 7. The summed E-state index contributed by atoms with van der Waals surface area (Å²) in [7, 11) is 3.89. The minimum absolute atomic E-state index is 0.598. The van der Waals surface area contributed by atoms with Crippen LogP contribution in [-0.4, -0.2) is 46.8 Å². The Morgan fingerprint density at radius 3 is 2.86 bits per heavy atom. The average Bonchev–Trinajstić information content (AvgIpc) is 3.62. The maximum Gasteiger partial charge on any atom is 0.245 e. The normalized spacial score (nSPS) is 15.6. The van der Waals surface area contributed by atoms with Crippen molar-refractivity contribution in [3.05, 3.63) is 41.5 Å². The van der Waals surface area contributed by atoms with Gasteiger partial charge in [0.25, 0.3) is 0 Å². The van der Waals surface area contributed by atoms with Gasteiger partial charge in [-0.3, -0.25) is 4.68 Å². The third kappa shape index (κ3) is 4.52. The molecule has 0 fully saturated rings. The predicted octanol–water partition coefficient (Wildman–Crippen LogP) is 5.18. The van der Waals surface area contributed by atoms with Crippen molar-refractivity contribution in [3.8, 4) is 23.2 Å². The molecule has 4 aromatic heterocycles. The first-order valence-corrected chi connectivity index (χ1v) is 13.6. The molecule has 6 rings (SSSR count). The fourth-order valence-corrected chi connectivity index (χ4v) is 5.90. The maximum absolute atomic E-state index is 6.12. The fourth-order valence-electron chi connectivity index (χ4n) is 5.03. The Hall–Kier alpha value is -3.60. The van der Waals surface area contributed by atoms with Crippen molar-refractivity contribution in [1.82, 2.24) is 34.5 Å². The van der Waals surface area contributed by atoms with Crippen LogP contribution in [-0.2, 0) is 20.5 Å². The van der Waals surface area contributed by atoms with Crippen LogP contribution < -0.4 is 5.32 Å². The number of aromatic nitrogens is 7. The van der Waals surface area contributed by atoms with E-state index in [1.807, 2.05) is 49.3 Å². The molecule has 0 bridgehead atoms. The third-order valence-electron chi connectivity index (χ3n) is 7.04. The summed E-state index contributed by atoms with van der Waals surface area (Å²) in [6.45, 7) is 4.85. The molecule has 1 aromatic carbocycles. The Bertz CT molecular complexity index is 1560. The number of rotatable bonds is 7. The highest BCUT2D eigenvalue weighted by atomic mass is 32.2. The molecule has 1 unspecified atom stereocenters. The van der Waals surface area contributed by atoms with Crippen molar-refractivity contribution in [1.29, 1.82) is 0 Å². The topological polar surface area (TPSA) is 113 Å². The summed E-state index contributed by atoms with van der Waals surface area (Å²) >= 11 is 1.73. The molecule has 10 nitrogen and oxygen atoms in total. The molecule has 0 spiro atoms. The van der Waals surface area contributed by atoms with Crippen molar-refractivity contribution in [2.24, 2.45) is 20.0 Å². The van der Waals surface area contributed by atoms with Gasteiger partial charge < -0.3 is 18.7 Å². The lowest BCUT2D eigenvalue weighted by Crippen LogP contribution is -2.12. The first-order valence-electron chi connectivity index (χ1n) is 12.6. The van der Waals surface area contributed by atoms with E-state index in [4.69, 9.17) is 13.8 Å². The lowest BCUT2D eigenvalue weighted by Gasteiger charge is -2.14. The third-order valence-corrected chi connectivity index (χ3v) is 8.15. The molecule has 1 aliphatic rings. The second-order valence-corrected chi connectivity index (χ2v) is 10.7. The van der Waals surface area contributed by atoms with Crippen molar-refractivity contribution < 1.29 is 8.83 Å². The van der Waals surface area contributed by atoms with E-state index in [1.54, 1.807) is 11.8 Å². The summed E-state index contributed by atoms with van der Waals surface area (Å²) in [6.07, 6.45) is 5.81. The van der Waals surface area contributed by atoms with Gasteiger partial charge in [-0.1, -0.05) is 11.8 Å². The lowest BCUT2D eigenvalue weighted by molar-refractivity contribution is 0.476. The van der Waals surface area contributed by atoms with Crippen LogP contribution in [0.25, 0.3) is 34.3 Å². The molecule has 192 valence electrons. The van der Waals surface area contributed by atoms with Gasteiger partial charge in [-0.25, -0.2) is 9.97 Å². The molecular formula is C26H30N8O2S. The van der Waals surface area contributed by atoms with Crippen LogP contribution >= 0.6 is 11.8 Å². The van der Waals surface area contributed by atoms with E-state index < -0.39 is 0 Å². The summed E-state index contributed by atoms with van der Waals surface area (Å²) in [5.41, 5.74) is 6.86. The first kappa shape index (κ1) is 23.8. The lowest BCUT2D eigenvalue weighted by atomic mass is 9.96. The number of hydrogen-bond acceptors (Lipinski definition) is 9. The molecule has 0 amide bonds. The number of oxazole rings is 2. The molecule has 1 atom stereocenters. The monoisotopic (exact) mass is 518 g/mol. The number of fused-ring (bicyclic) bond motifs is 3. The van der Waals surface area contributed by atoms with Crippen molar-refractivity contribution in [2.45, 2.75) is 44.7 Å². The summed E-state index contributed by atoms with van der Waals surface area (Å²) < 4.78 is 15.4. The molecule has 0 radical (unpaired) electrons. The van der Waals surface area contributed by atoms with E-state index >= 15 is 0 Å². The largest absolute Gasteiger partial charge is 0.440 e. The van der Waals surface area contributed by atoms with Crippen LogP contribution in [0.1, 0.15) is 36.2 Å². The Morgan fingerprint density at radius 1 is 1.19 bits per heavy atom. The summed E-state index contributed by atoms with van der Waals surface area (Å²) in [4.78, 5) is 9.04. The highest BCUT2D eigenvalue weighted by molar-refractivity contribution is 7.99. The van der Waals surface area contributed by atoms with Crippen molar-refractivity contribution in [2.75, 3.05) is 17.6 Å². The number of benzene rings is 1. The number of hydrogen-bond donors (Lipinski definition) is 1. The molecule has 0 saturated heterocycles. The zero-order valence-corrected chi connectivity index (χ0v) is 22.3. The first-order chi connectivity index (χ1) is 18.0. The van der Waals surface area contributed by atoms with Gasteiger partial charge in [0.2, 0.25) is 11.7 Å². The summed E-state index contributed by atoms with van der Waals surface area (Å²) in [6, 6.07) is 6.15. The van der Waals surface area contributed by atoms with E-state index in [1.165, 1.54) is 17.6 Å². The summed E-state index contributed by atoms with van der Waals surface area (Å²) in [5, 5.41) is 17.7. The van der Waals surface area contributed by atoms with Crippen LogP contribution in [0.2, 0.25) is 0 Å². The number of anilines is 1. The van der Waals surface area contributed by atoms with Crippen LogP contribution in [0.3, 0.4) is 0 Å². The standard InChI is InChI=1S/C26H30N8O2S/c1-15-12-20(34(4)32-15)25-29-22-18-8-7-17(13-27-19(18)9-10-21(22)36-25)6-5-11-37-26-31-30-24(33(26)3)23-16(2)28-14-35-23/h9-10,12,14,17,27H,5-8,11,13H2,1-4H3. The Morgan fingerprint density at radius 2 is 2.08 bits per heavy atom. The van der Waals surface area contributed by atoms with Gasteiger partial charge in [-0.2, -0.15) is 5.10 Å². The van der Waals surface area contributed by atoms with E-state index in [9.17, 15) is 0 Å². The second-order valence-electron chi connectivity index (χ2n) is 9.66. The molecule has 0 saturated carbocycles. The SMILES string of the molecule is Cc1cc(-c2nc3c4c(ccc3o2)NCC(CCCSc2nnc(-c3ocnc3C)n2C)CC4)n(C)n1. The predicted molar refractivity (Wildman–Crippen MR) is 142 cm³/mol. The van der Waals surface area contributed by atoms with Crippen LogP contribution in [0.15, 0.2) is 38.6 Å². The molecular weight excluding hydrogens is 488 g/mol. The van der Waals surface area contributed by atoms with Gasteiger partial charge in [0.15, 0.2) is 22.9 Å². The number of aryl methyl sites for hydroxylation is 4. The molecule has 11 heteroatoms. The van der Waals surface area contributed by atoms with Crippen molar-refractivity contribution in [3.63, 3.8) is 0 Å². The van der Waals surface area contributed by atoms with Crippen LogP contribution in [0.5, 0.6) is 0 Å². The molecule has 0 aliphatic carbocycles. The zero-order chi connectivity index (χ0) is 25.5. The molecule has 37 heavy (non-hydrogen) atoms. The minimum atomic E-state index is 0.598. The number of thioether (sulfide) groups is 1. The van der Waals surface area contributed by atoms with E-state index in [-0.39, 0.29) is 0 Å². The molecule has 5 heterocycles. The van der Waals surface area contributed by atoms with Gasteiger partial charge in [0.05, 0.1) is 11.4 Å². The highest BCUT2D eigenvalue weighted by Gasteiger charge is 2.22. The quantitative estimate of drug-likeness (QED) is 0.230. The van der Waals surface area contributed by atoms with E-state index in [2.05, 4.69) is 31.7 Å². The van der Waals surface area contributed by atoms with Gasteiger partial charge in [-0.05, 0) is 63.6 Å². The minimum Gasteiger partial charge on any atom is -0.440 e. The smallest absolute Gasteiger partial charge is 0.245 e. The maximum atomic E-state index is 6.12. The van der Waals surface area contributed by atoms with E-state index in [0.717, 1.165) is 71.3 Å². The Labute approximate surface area is 218 Å². The Balaban J connectivity index is 1.07. The van der Waals surface area contributed by atoms with E-state index in [0.29, 0.717) is 23.4 Å². The Kier molecular flexibility index (Phi) is 6.23. The molecule has 5 aromatic rings.